The first-order valence-electron chi connectivity index (χ1n) is 7.59. The van der Waals surface area contributed by atoms with Gasteiger partial charge in [0.1, 0.15) is 5.01 Å². The molecule has 1 amide bonds. The van der Waals surface area contributed by atoms with Crippen molar-refractivity contribution < 1.29 is 9.53 Å². The van der Waals surface area contributed by atoms with Gasteiger partial charge in [-0.1, -0.05) is 29.8 Å². The Labute approximate surface area is 134 Å². The Morgan fingerprint density at radius 2 is 2.23 bits per heavy atom. The second-order valence-electron chi connectivity index (χ2n) is 5.61. The standard InChI is InChI=1S/C17H20N2O2S/c1-12-2-4-13(5-3-12)17-19-15(11-22-17)6-8-18-16(20)14-7-9-21-10-14/h2-5,11,14H,6-10H2,1H3,(H,18,20). The molecule has 2 aromatic rings. The number of nitrogens with one attached hydrogen (secondary N) is 1. The quantitative estimate of drug-likeness (QED) is 0.923. The molecule has 4 nitrogen and oxygen atoms in total. The number of benzene rings is 1. The third-order valence-electron chi connectivity index (χ3n) is 3.83. The van der Waals surface area contributed by atoms with Gasteiger partial charge in [-0.2, -0.15) is 0 Å². The van der Waals surface area contributed by atoms with Crippen LogP contribution in [0.15, 0.2) is 29.6 Å². The van der Waals surface area contributed by atoms with Gasteiger partial charge < -0.3 is 10.1 Å². The molecule has 22 heavy (non-hydrogen) atoms. The predicted octanol–water partition coefficient (Wildman–Crippen LogP) is 2.81. The summed E-state index contributed by atoms with van der Waals surface area (Å²) in [6, 6.07) is 8.39. The van der Waals surface area contributed by atoms with Crippen molar-refractivity contribution in [2.45, 2.75) is 19.8 Å². The molecule has 0 radical (unpaired) electrons. The van der Waals surface area contributed by atoms with Crippen LogP contribution in [-0.4, -0.2) is 30.6 Å². The van der Waals surface area contributed by atoms with E-state index < -0.39 is 0 Å². The number of hydrogen-bond acceptors (Lipinski definition) is 4. The van der Waals surface area contributed by atoms with Gasteiger partial charge in [0.05, 0.1) is 18.2 Å². The topological polar surface area (TPSA) is 51.2 Å². The molecule has 0 spiro atoms. The SMILES string of the molecule is Cc1ccc(-c2nc(CCNC(=O)C3CCOC3)cs2)cc1. The van der Waals surface area contributed by atoms with Crippen molar-refractivity contribution in [1.29, 1.82) is 0 Å². The predicted molar refractivity (Wildman–Crippen MR) is 87.9 cm³/mol. The third kappa shape index (κ3) is 3.72. The minimum absolute atomic E-state index is 0.0264. The molecule has 3 rings (SSSR count). The Bertz CT molecular complexity index is 630. The zero-order valence-electron chi connectivity index (χ0n) is 12.7. The highest BCUT2D eigenvalue weighted by Crippen LogP contribution is 2.24. The van der Waals surface area contributed by atoms with E-state index in [1.165, 1.54) is 5.56 Å². The lowest BCUT2D eigenvalue weighted by atomic mass is 10.1. The van der Waals surface area contributed by atoms with Gasteiger partial charge in [-0.05, 0) is 13.3 Å². The second-order valence-corrected chi connectivity index (χ2v) is 6.47. The summed E-state index contributed by atoms with van der Waals surface area (Å²) in [4.78, 5) is 16.5. The lowest BCUT2D eigenvalue weighted by Crippen LogP contribution is -2.32. The maximum Gasteiger partial charge on any atom is 0.225 e. The molecule has 1 atom stereocenters. The fourth-order valence-electron chi connectivity index (χ4n) is 2.45. The van der Waals surface area contributed by atoms with Crippen LogP contribution in [0.2, 0.25) is 0 Å². The molecule has 5 heteroatoms. The molecule has 1 saturated heterocycles. The summed E-state index contributed by atoms with van der Waals surface area (Å²) in [6.07, 6.45) is 1.60. The average molecular weight is 316 g/mol. The van der Waals surface area contributed by atoms with Gasteiger partial charge >= 0.3 is 0 Å². The first kappa shape index (κ1) is 15.2. The minimum Gasteiger partial charge on any atom is -0.381 e. The van der Waals surface area contributed by atoms with E-state index in [0.29, 0.717) is 19.8 Å². The van der Waals surface area contributed by atoms with E-state index in [1.54, 1.807) is 11.3 Å². The molecule has 1 aliphatic heterocycles. The van der Waals surface area contributed by atoms with E-state index in [1.807, 2.05) is 0 Å². The first-order chi connectivity index (χ1) is 10.7. The fraction of sp³-hybridized carbons (Fsp3) is 0.412. The van der Waals surface area contributed by atoms with Crippen LogP contribution in [0.5, 0.6) is 0 Å². The van der Waals surface area contributed by atoms with Crippen molar-refractivity contribution in [1.82, 2.24) is 10.3 Å². The lowest BCUT2D eigenvalue weighted by molar-refractivity contribution is -0.124. The van der Waals surface area contributed by atoms with E-state index in [-0.39, 0.29) is 11.8 Å². The number of aromatic nitrogens is 1. The molecule has 1 unspecified atom stereocenters. The number of aryl methyl sites for hydroxylation is 1. The molecule has 1 aromatic carbocycles. The summed E-state index contributed by atoms with van der Waals surface area (Å²) in [5.74, 6) is 0.130. The van der Waals surface area contributed by atoms with Crippen molar-refractivity contribution >= 4 is 17.2 Å². The molecular formula is C17H20N2O2S. The van der Waals surface area contributed by atoms with Crippen LogP contribution in [0, 0.1) is 12.8 Å². The van der Waals surface area contributed by atoms with E-state index >= 15 is 0 Å². The normalized spacial score (nSPS) is 17.6. The highest BCUT2D eigenvalue weighted by Gasteiger charge is 2.22. The molecule has 1 aliphatic rings. The first-order valence-corrected chi connectivity index (χ1v) is 8.47. The van der Waals surface area contributed by atoms with Gasteiger partial charge in [-0.15, -0.1) is 11.3 Å². The Morgan fingerprint density at radius 3 is 2.95 bits per heavy atom. The molecule has 1 N–H and O–H groups in total. The van der Waals surface area contributed by atoms with Crippen LogP contribution in [0.1, 0.15) is 17.7 Å². The molecule has 1 aromatic heterocycles. The van der Waals surface area contributed by atoms with E-state index in [2.05, 4.69) is 46.9 Å². The van der Waals surface area contributed by atoms with E-state index in [9.17, 15) is 4.79 Å². The highest BCUT2D eigenvalue weighted by molar-refractivity contribution is 7.13. The van der Waals surface area contributed by atoms with Gasteiger partial charge in [-0.3, -0.25) is 4.79 Å². The molecule has 0 bridgehead atoms. The van der Waals surface area contributed by atoms with Gasteiger partial charge in [0.15, 0.2) is 0 Å². The van der Waals surface area contributed by atoms with Crippen LogP contribution < -0.4 is 5.32 Å². The van der Waals surface area contributed by atoms with E-state index in [4.69, 9.17) is 4.74 Å². The number of carbonyl (C=O) groups is 1. The zero-order chi connectivity index (χ0) is 15.4. The summed E-state index contributed by atoms with van der Waals surface area (Å²) in [7, 11) is 0. The van der Waals surface area contributed by atoms with Gasteiger partial charge in [-0.25, -0.2) is 4.98 Å². The Morgan fingerprint density at radius 1 is 1.41 bits per heavy atom. The Balaban J connectivity index is 1.51. The summed E-state index contributed by atoms with van der Waals surface area (Å²) in [5, 5.41) is 6.08. The van der Waals surface area contributed by atoms with Crippen LogP contribution >= 0.6 is 11.3 Å². The maximum absolute atomic E-state index is 11.9. The maximum atomic E-state index is 11.9. The number of rotatable bonds is 5. The summed E-state index contributed by atoms with van der Waals surface area (Å²) in [6.45, 7) is 3.96. The van der Waals surface area contributed by atoms with E-state index in [0.717, 1.165) is 29.1 Å². The molecule has 0 aliphatic carbocycles. The van der Waals surface area contributed by atoms with Gasteiger partial charge in [0, 0.05) is 30.5 Å². The summed E-state index contributed by atoms with van der Waals surface area (Å²) >= 11 is 1.65. The van der Waals surface area contributed by atoms with Gasteiger partial charge in [0.2, 0.25) is 5.91 Å². The van der Waals surface area contributed by atoms with Crippen molar-refractivity contribution in [3.05, 3.63) is 40.9 Å². The van der Waals surface area contributed by atoms with Crippen LogP contribution in [0.25, 0.3) is 10.6 Å². The number of amides is 1. The van der Waals surface area contributed by atoms with Crippen molar-refractivity contribution in [2.24, 2.45) is 5.92 Å². The second kappa shape index (κ2) is 7.03. The number of ether oxygens (including phenoxy) is 1. The molecule has 116 valence electrons. The monoisotopic (exact) mass is 316 g/mol. The highest BCUT2D eigenvalue weighted by atomic mass is 32.1. The summed E-state index contributed by atoms with van der Waals surface area (Å²) < 4.78 is 5.23. The van der Waals surface area contributed by atoms with Crippen LogP contribution in [0.3, 0.4) is 0 Å². The van der Waals surface area contributed by atoms with Gasteiger partial charge in [0.25, 0.3) is 0 Å². The number of nitrogens with zero attached hydrogens (tertiary/aromatic N) is 1. The zero-order valence-corrected chi connectivity index (χ0v) is 13.5. The molecule has 2 heterocycles. The number of thiazole rings is 1. The number of hydrogen-bond donors (Lipinski definition) is 1. The molecule has 0 saturated carbocycles. The smallest absolute Gasteiger partial charge is 0.225 e. The Hall–Kier alpha value is -1.72. The van der Waals surface area contributed by atoms with Crippen LogP contribution in [0.4, 0.5) is 0 Å². The summed E-state index contributed by atoms with van der Waals surface area (Å²) in [5.41, 5.74) is 3.43. The third-order valence-corrected chi connectivity index (χ3v) is 4.77. The largest absolute Gasteiger partial charge is 0.381 e. The molecular weight excluding hydrogens is 296 g/mol. The van der Waals surface area contributed by atoms with Crippen molar-refractivity contribution in [3.63, 3.8) is 0 Å². The van der Waals surface area contributed by atoms with Crippen LogP contribution in [-0.2, 0) is 16.0 Å². The lowest BCUT2D eigenvalue weighted by Gasteiger charge is -2.08. The van der Waals surface area contributed by atoms with Crippen molar-refractivity contribution in [3.8, 4) is 10.6 Å². The Kier molecular flexibility index (Phi) is 4.85. The minimum atomic E-state index is 0.0264. The number of carbonyl (C=O) groups excluding carboxylic acids is 1. The average Bonchev–Trinajstić information content (AvgIpc) is 3.19. The van der Waals surface area contributed by atoms with Crippen molar-refractivity contribution in [2.75, 3.05) is 19.8 Å². The molecule has 1 fully saturated rings. The fourth-order valence-corrected chi connectivity index (χ4v) is 3.31.